The number of halogens is 2. The van der Waals surface area contributed by atoms with E-state index in [0.717, 1.165) is 11.4 Å². The molecule has 2 heteroatoms. The number of hydrogen-bond acceptors (Lipinski definition) is 0. The van der Waals surface area contributed by atoms with Gasteiger partial charge in [-0.3, -0.25) is 0 Å². The van der Waals surface area contributed by atoms with Crippen LogP contribution in [0.4, 0.5) is 0 Å². The first kappa shape index (κ1) is 9.33. The Morgan fingerprint density at radius 3 is 2.36 bits per heavy atom. The minimum Gasteiger partial charge on any atom is -0.0843 e. The highest BCUT2D eigenvalue weighted by Gasteiger charge is 1.97. The summed E-state index contributed by atoms with van der Waals surface area (Å²) in [4.78, 5) is 0. The van der Waals surface area contributed by atoms with Gasteiger partial charge >= 0.3 is 0 Å². The van der Waals surface area contributed by atoms with Crippen LogP contribution in [0.2, 0.25) is 5.02 Å². The quantitative estimate of drug-likeness (QED) is 0.572. The lowest BCUT2D eigenvalue weighted by Crippen LogP contribution is -1.95. The lowest BCUT2D eigenvalue weighted by atomic mass is 10.1. The Balaban J connectivity index is 2.66. The maximum Gasteiger partial charge on any atom is 0.0406 e. The first-order valence-corrected chi connectivity index (χ1v) is 5.19. The highest BCUT2D eigenvalue weighted by atomic mass is 127. The molecule has 1 aromatic rings. The van der Waals surface area contributed by atoms with Crippen LogP contribution in [0.25, 0.3) is 0 Å². The Bertz CT molecular complexity index is 216. The van der Waals surface area contributed by atoms with Crippen molar-refractivity contribution in [3.8, 4) is 0 Å². The average Bonchev–Trinajstić information content (AvgIpc) is 1.93. The van der Waals surface area contributed by atoms with Gasteiger partial charge in [-0.25, -0.2) is 0 Å². The molecule has 0 fully saturated rings. The number of hydrogen-bond donors (Lipinski definition) is 0. The van der Waals surface area contributed by atoms with Crippen molar-refractivity contribution in [2.24, 2.45) is 0 Å². The molecule has 0 N–H and O–H groups in total. The molecule has 0 aliphatic heterocycles. The number of benzene rings is 1. The van der Waals surface area contributed by atoms with Gasteiger partial charge in [0.2, 0.25) is 0 Å². The molecule has 60 valence electrons. The zero-order valence-electron chi connectivity index (χ0n) is 6.35. The van der Waals surface area contributed by atoms with Crippen LogP contribution in [0, 0.1) is 0 Å². The second-order valence-corrected chi connectivity index (χ2v) is 5.17. The topological polar surface area (TPSA) is 0 Å². The summed E-state index contributed by atoms with van der Waals surface area (Å²) >= 11 is 8.17. The van der Waals surface area contributed by atoms with Crippen molar-refractivity contribution < 1.29 is 0 Å². The summed E-state index contributed by atoms with van der Waals surface area (Å²) in [7, 11) is 0. The molecule has 0 heterocycles. The molecule has 0 saturated heterocycles. The molecule has 0 aliphatic rings. The molecule has 0 nitrogen and oxygen atoms in total. The van der Waals surface area contributed by atoms with Gasteiger partial charge in [0.05, 0.1) is 0 Å². The van der Waals surface area contributed by atoms with Crippen molar-refractivity contribution in [1.29, 1.82) is 0 Å². The van der Waals surface area contributed by atoms with E-state index in [0.29, 0.717) is 3.92 Å². The Kier molecular flexibility index (Phi) is 3.66. The summed E-state index contributed by atoms with van der Waals surface area (Å²) < 4.78 is 0.689. The van der Waals surface area contributed by atoms with Crippen molar-refractivity contribution in [3.63, 3.8) is 0 Å². The Morgan fingerprint density at radius 1 is 1.36 bits per heavy atom. The third-order valence-corrected chi connectivity index (χ3v) is 2.12. The van der Waals surface area contributed by atoms with Crippen molar-refractivity contribution in [2.45, 2.75) is 17.3 Å². The molecule has 0 saturated carbocycles. The highest BCUT2D eigenvalue weighted by Crippen LogP contribution is 2.13. The number of rotatable bonds is 2. The zero-order valence-corrected chi connectivity index (χ0v) is 9.26. The minimum atomic E-state index is 0.689. The fraction of sp³-hybridized carbons (Fsp3) is 0.333. The van der Waals surface area contributed by atoms with Crippen LogP contribution < -0.4 is 0 Å². The van der Waals surface area contributed by atoms with Crippen molar-refractivity contribution in [1.82, 2.24) is 0 Å². The van der Waals surface area contributed by atoms with Crippen LogP contribution in [0.3, 0.4) is 0 Å². The molecule has 1 unspecified atom stereocenters. The van der Waals surface area contributed by atoms with Gasteiger partial charge in [0, 0.05) is 8.95 Å². The molecular formula is C9H10ClI. The maximum atomic E-state index is 5.75. The van der Waals surface area contributed by atoms with Crippen LogP contribution in [0.15, 0.2) is 24.3 Å². The zero-order chi connectivity index (χ0) is 8.27. The first-order chi connectivity index (χ1) is 5.18. The van der Waals surface area contributed by atoms with Crippen LogP contribution in [0.1, 0.15) is 12.5 Å². The van der Waals surface area contributed by atoms with Crippen molar-refractivity contribution >= 4 is 34.2 Å². The van der Waals surface area contributed by atoms with E-state index >= 15 is 0 Å². The van der Waals surface area contributed by atoms with E-state index in [2.05, 4.69) is 41.6 Å². The lowest BCUT2D eigenvalue weighted by Gasteiger charge is -2.02. The van der Waals surface area contributed by atoms with E-state index in [1.54, 1.807) is 0 Å². The van der Waals surface area contributed by atoms with E-state index < -0.39 is 0 Å². The van der Waals surface area contributed by atoms with E-state index in [1.165, 1.54) is 5.56 Å². The molecule has 11 heavy (non-hydrogen) atoms. The fourth-order valence-electron chi connectivity index (χ4n) is 0.945. The third kappa shape index (κ3) is 3.43. The van der Waals surface area contributed by atoms with Gasteiger partial charge in [-0.15, -0.1) is 0 Å². The second-order valence-electron chi connectivity index (χ2n) is 2.61. The van der Waals surface area contributed by atoms with E-state index in [1.807, 2.05) is 12.1 Å². The van der Waals surface area contributed by atoms with Gasteiger partial charge < -0.3 is 0 Å². The standard InChI is InChI=1S/C9H10ClI/c1-7(11)6-8-2-4-9(10)5-3-8/h2-5,7H,6H2,1H3. The summed E-state index contributed by atoms with van der Waals surface area (Å²) in [5.74, 6) is 0. The van der Waals surface area contributed by atoms with Gasteiger partial charge in [0.1, 0.15) is 0 Å². The third-order valence-electron chi connectivity index (χ3n) is 1.43. The SMILES string of the molecule is CC(I)Cc1ccc(Cl)cc1. The van der Waals surface area contributed by atoms with Gasteiger partial charge in [-0.1, -0.05) is 53.2 Å². The van der Waals surface area contributed by atoms with Crippen molar-refractivity contribution in [3.05, 3.63) is 34.9 Å². The average molecular weight is 281 g/mol. The van der Waals surface area contributed by atoms with Gasteiger partial charge in [0.15, 0.2) is 0 Å². The van der Waals surface area contributed by atoms with Crippen LogP contribution in [0.5, 0.6) is 0 Å². The Hall–Kier alpha value is 0.240. The maximum absolute atomic E-state index is 5.75. The smallest absolute Gasteiger partial charge is 0.0406 e. The predicted molar refractivity (Wildman–Crippen MR) is 58.6 cm³/mol. The molecule has 0 aromatic heterocycles. The molecule has 0 bridgehead atoms. The summed E-state index contributed by atoms with van der Waals surface area (Å²) in [6.07, 6.45) is 1.12. The summed E-state index contributed by atoms with van der Waals surface area (Å²) in [5, 5.41) is 0.815. The number of alkyl halides is 1. The van der Waals surface area contributed by atoms with Gasteiger partial charge in [-0.2, -0.15) is 0 Å². The van der Waals surface area contributed by atoms with Crippen LogP contribution >= 0.6 is 34.2 Å². The lowest BCUT2D eigenvalue weighted by molar-refractivity contribution is 0.977. The van der Waals surface area contributed by atoms with Gasteiger partial charge in [-0.05, 0) is 24.1 Å². The molecule has 0 amide bonds. The summed E-state index contributed by atoms with van der Waals surface area (Å²) in [5.41, 5.74) is 1.36. The minimum absolute atomic E-state index is 0.689. The molecular weight excluding hydrogens is 270 g/mol. The normalized spacial score (nSPS) is 13.0. The van der Waals surface area contributed by atoms with Gasteiger partial charge in [0.25, 0.3) is 0 Å². The fourth-order valence-corrected chi connectivity index (χ4v) is 1.58. The highest BCUT2D eigenvalue weighted by molar-refractivity contribution is 14.1. The monoisotopic (exact) mass is 280 g/mol. The molecule has 0 aliphatic carbocycles. The molecule has 1 aromatic carbocycles. The molecule has 1 atom stereocenters. The summed E-state index contributed by atoms with van der Waals surface area (Å²) in [6, 6.07) is 8.04. The largest absolute Gasteiger partial charge is 0.0843 e. The van der Waals surface area contributed by atoms with E-state index in [4.69, 9.17) is 11.6 Å². The molecule has 0 radical (unpaired) electrons. The van der Waals surface area contributed by atoms with Crippen LogP contribution in [-0.4, -0.2) is 3.92 Å². The second kappa shape index (κ2) is 4.31. The van der Waals surface area contributed by atoms with Crippen molar-refractivity contribution in [2.75, 3.05) is 0 Å². The van der Waals surface area contributed by atoms with E-state index in [-0.39, 0.29) is 0 Å². The van der Waals surface area contributed by atoms with Crippen LogP contribution in [-0.2, 0) is 6.42 Å². The van der Waals surface area contributed by atoms with E-state index in [9.17, 15) is 0 Å². The predicted octanol–water partition coefficient (Wildman–Crippen LogP) is 3.71. The Morgan fingerprint density at radius 2 is 1.91 bits per heavy atom. The molecule has 0 spiro atoms. The first-order valence-electron chi connectivity index (χ1n) is 3.57. The molecule has 1 rings (SSSR count). The summed E-state index contributed by atoms with van der Waals surface area (Å²) in [6.45, 7) is 2.20. The Labute approximate surface area is 86.1 Å².